The Morgan fingerprint density at radius 3 is 2.33 bits per heavy atom. The van der Waals surface area contributed by atoms with Gasteiger partial charge < -0.3 is 9.67 Å². The van der Waals surface area contributed by atoms with Crippen LogP contribution < -0.4 is 0 Å². The molecule has 0 spiro atoms. The second kappa shape index (κ2) is 9.28. The average molecular weight is 626 g/mol. The fourth-order valence-electron chi connectivity index (χ4n) is 3.17. The van der Waals surface area contributed by atoms with E-state index in [0.29, 0.717) is 28.3 Å². The first-order valence-corrected chi connectivity index (χ1v) is 9.58. The number of pyridine rings is 2. The molecule has 0 fully saturated rings. The third-order valence-corrected chi connectivity index (χ3v) is 4.99. The monoisotopic (exact) mass is 626 g/mol. The second-order valence-corrected chi connectivity index (χ2v) is 7.55. The largest absolute Gasteiger partial charge is 2.00 e. The van der Waals surface area contributed by atoms with Gasteiger partial charge in [-0.25, -0.2) is 0 Å². The maximum atomic E-state index is 12.9. The van der Waals surface area contributed by atoms with Gasteiger partial charge in [0.25, 0.3) is 0 Å². The van der Waals surface area contributed by atoms with Crippen LogP contribution in [0.3, 0.4) is 0 Å². The maximum Gasteiger partial charge on any atom is 2.00 e. The molecule has 0 bridgehead atoms. The molecule has 0 aliphatic carbocycles. The summed E-state index contributed by atoms with van der Waals surface area (Å²) in [7, 11) is 0. The Kier molecular flexibility index (Phi) is 6.85. The first-order valence-electron chi connectivity index (χ1n) is 9.58. The van der Waals surface area contributed by atoms with Crippen LogP contribution in [0.5, 0.6) is 0 Å². The number of hydrogen-bond donors (Lipinski definition) is 0. The summed E-state index contributed by atoms with van der Waals surface area (Å²) in [5.74, 6) is 0.223. The van der Waals surface area contributed by atoms with Crippen molar-refractivity contribution >= 4 is 5.69 Å². The summed E-state index contributed by atoms with van der Waals surface area (Å²) in [5, 5.41) is 3.55. The molecule has 0 N–H and O–H groups in total. The molecule has 9 heteroatoms. The molecule has 168 valence electrons. The summed E-state index contributed by atoms with van der Waals surface area (Å²) in [6.45, 7) is 11.1. The van der Waals surface area contributed by atoms with E-state index in [-0.39, 0.29) is 26.9 Å². The van der Waals surface area contributed by atoms with Crippen LogP contribution in [0.15, 0.2) is 60.7 Å². The van der Waals surface area contributed by atoms with E-state index < -0.39 is 17.3 Å². The topological polar surface area (TPSA) is 48.0 Å². The minimum absolute atomic E-state index is 0. The van der Waals surface area contributed by atoms with E-state index >= 15 is 0 Å². The smallest absolute Gasteiger partial charge is 0.343 e. The van der Waals surface area contributed by atoms with Crippen molar-refractivity contribution < 1.29 is 34.2 Å². The van der Waals surface area contributed by atoms with Crippen molar-refractivity contribution in [2.24, 2.45) is 0 Å². The van der Waals surface area contributed by atoms with Gasteiger partial charge in [0.05, 0.1) is 18.1 Å². The second-order valence-electron chi connectivity index (χ2n) is 7.55. The minimum atomic E-state index is -4.55. The molecule has 0 saturated heterocycles. The molecular weight excluding hydrogens is 610 g/mol. The van der Waals surface area contributed by atoms with E-state index in [4.69, 9.17) is 11.6 Å². The van der Waals surface area contributed by atoms with Crippen LogP contribution in [-0.2, 0) is 32.7 Å². The van der Waals surface area contributed by atoms with Crippen LogP contribution >= 0.6 is 0 Å². The number of benzene rings is 1. The normalized spacial score (nSPS) is 11.5. The summed E-state index contributed by atoms with van der Waals surface area (Å²) in [6, 6.07) is 19.6. The van der Waals surface area contributed by atoms with E-state index in [1.54, 1.807) is 36.4 Å². The molecule has 0 unspecified atom stereocenters. The van der Waals surface area contributed by atoms with Gasteiger partial charge in [-0.3, -0.25) is 14.9 Å². The molecule has 33 heavy (non-hydrogen) atoms. The van der Waals surface area contributed by atoms with Crippen molar-refractivity contribution in [3.05, 3.63) is 101 Å². The summed E-state index contributed by atoms with van der Waals surface area (Å²) in [5.41, 5.74) is 1.47. The van der Waals surface area contributed by atoms with E-state index in [1.807, 2.05) is 32.0 Å². The molecule has 0 radical (unpaired) electrons. The SMILES string of the molecule is [C-]#[N+]c1cc[c-]c(-c2cccc(C(C)(C)c3cccc(-n4[c-]cc(C(F)(F)F)n4)n3)n2)c1.[Pt+2]. The molecule has 0 aliphatic rings. The average Bonchev–Trinajstić information content (AvgIpc) is 3.30. The van der Waals surface area contributed by atoms with E-state index in [0.717, 1.165) is 10.7 Å². The van der Waals surface area contributed by atoms with Crippen LogP contribution in [0.2, 0.25) is 0 Å². The standard InChI is InChI=1S/C24H16F3N5.Pt/c1-23(2,19-10-5-9-18(29-19)16-7-4-8-17(15-16)28-3)20-11-6-12-22(30-20)32-14-13-21(31-32)24(25,26)27;/h4-6,8-13,15H,1-2H3;/q-2;+2. The van der Waals surface area contributed by atoms with Crippen molar-refractivity contribution in [1.82, 2.24) is 19.7 Å². The van der Waals surface area contributed by atoms with Gasteiger partial charge in [-0.15, -0.1) is 29.8 Å². The number of rotatable bonds is 4. The Morgan fingerprint density at radius 1 is 0.970 bits per heavy atom. The number of nitrogens with zero attached hydrogens (tertiary/aromatic N) is 5. The van der Waals surface area contributed by atoms with Crippen LogP contribution in [0.1, 0.15) is 30.9 Å². The third-order valence-electron chi connectivity index (χ3n) is 4.99. The Labute approximate surface area is 203 Å². The molecule has 0 atom stereocenters. The van der Waals surface area contributed by atoms with Crippen molar-refractivity contribution in [3.63, 3.8) is 0 Å². The van der Waals surface area contributed by atoms with Gasteiger partial charge in [-0.2, -0.15) is 19.2 Å². The summed E-state index contributed by atoms with van der Waals surface area (Å²) in [6.07, 6.45) is -2.08. The summed E-state index contributed by atoms with van der Waals surface area (Å²) in [4.78, 5) is 12.7. The maximum absolute atomic E-state index is 12.9. The molecule has 5 nitrogen and oxygen atoms in total. The van der Waals surface area contributed by atoms with Crippen molar-refractivity contribution in [3.8, 4) is 17.1 Å². The van der Waals surface area contributed by atoms with Crippen LogP contribution in [0.4, 0.5) is 18.9 Å². The Morgan fingerprint density at radius 2 is 1.67 bits per heavy atom. The van der Waals surface area contributed by atoms with Crippen molar-refractivity contribution in [2.45, 2.75) is 25.4 Å². The molecular formula is C24H16F3N5Pt. The van der Waals surface area contributed by atoms with Gasteiger partial charge in [0, 0.05) is 16.8 Å². The van der Waals surface area contributed by atoms with E-state index in [9.17, 15) is 13.2 Å². The van der Waals surface area contributed by atoms with Crippen LogP contribution in [0.25, 0.3) is 21.9 Å². The fraction of sp³-hybridized carbons (Fsp3) is 0.167. The quantitative estimate of drug-likeness (QED) is 0.269. The van der Waals surface area contributed by atoms with E-state index in [2.05, 4.69) is 27.2 Å². The van der Waals surface area contributed by atoms with Gasteiger partial charge in [-0.05, 0) is 31.7 Å². The van der Waals surface area contributed by atoms with Gasteiger partial charge in [0.15, 0.2) is 0 Å². The molecule has 4 rings (SSSR count). The van der Waals surface area contributed by atoms with E-state index in [1.165, 1.54) is 0 Å². The molecule has 4 aromatic rings. The summed E-state index contributed by atoms with van der Waals surface area (Å²) < 4.78 is 39.7. The summed E-state index contributed by atoms with van der Waals surface area (Å²) >= 11 is 0. The number of halogens is 3. The molecule has 3 aromatic heterocycles. The predicted octanol–water partition coefficient (Wildman–Crippen LogP) is 5.82. The van der Waals surface area contributed by atoms with Gasteiger partial charge in [0.1, 0.15) is 5.69 Å². The van der Waals surface area contributed by atoms with Crippen LogP contribution in [0, 0.1) is 18.8 Å². The first kappa shape index (κ1) is 24.3. The van der Waals surface area contributed by atoms with Crippen molar-refractivity contribution in [2.75, 3.05) is 0 Å². The zero-order valence-corrected chi connectivity index (χ0v) is 19.7. The zero-order valence-electron chi connectivity index (χ0n) is 17.5. The number of aromatic nitrogens is 4. The number of alkyl halides is 3. The Bertz CT molecular complexity index is 1320. The molecule has 3 heterocycles. The molecule has 0 aliphatic heterocycles. The van der Waals surface area contributed by atoms with Gasteiger partial charge >= 0.3 is 27.2 Å². The predicted molar refractivity (Wildman–Crippen MR) is 112 cm³/mol. The minimum Gasteiger partial charge on any atom is -0.343 e. The van der Waals surface area contributed by atoms with Crippen molar-refractivity contribution in [1.29, 1.82) is 0 Å². The zero-order chi connectivity index (χ0) is 22.9. The van der Waals surface area contributed by atoms with Gasteiger partial charge in [0.2, 0.25) is 0 Å². The van der Waals surface area contributed by atoms with Crippen LogP contribution in [-0.4, -0.2) is 19.7 Å². The Hall–Kier alpha value is -3.30. The third kappa shape index (κ3) is 5.04. The molecule has 1 aromatic carbocycles. The molecule has 0 amide bonds. The number of hydrogen-bond acceptors (Lipinski definition) is 3. The molecule has 0 saturated carbocycles. The Balaban J connectivity index is 0.00000306. The fourth-order valence-corrected chi connectivity index (χ4v) is 3.17. The first-order chi connectivity index (χ1) is 15.2. The van der Waals surface area contributed by atoms with Gasteiger partial charge in [-0.1, -0.05) is 30.5 Å².